The van der Waals surface area contributed by atoms with E-state index in [0.717, 1.165) is 22.3 Å². The van der Waals surface area contributed by atoms with Crippen LogP contribution in [0.2, 0.25) is 0 Å². The molecule has 0 amide bonds. The number of hydrogen-bond acceptors (Lipinski definition) is 20. The average Bonchev–Trinajstić information content (AvgIpc) is 3.41. The summed E-state index contributed by atoms with van der Waals surface area (Å²) in [6, 6.07) is 39.9. The lowest BCUT2D eigenvalue weighted by molar-refractivity contribution is -0.180. The van der Waals surface area contributed by atoms with E-state index in [1.807, 2.05) is 121 Å². The molecule has 2 unspecified atom stereocenters. The van der Waals surface area contributed by atoms with Gasteiger partial charge in [-0.25, -0.2) is 0 Å². The minimum Gasteiger partial charge on any atom is -0.465 e. The monoisotopic (exact) mass is 1210 g/mol. The maximum Gasteiger partial charge on any atom is 0.318 e. The van der Waals surface area contributed by atoms with Crippen molar-refractivity contribution in [1.82, 2.24) is 0 Å². The highest BCUT2D eigenvalue weighted by atomic mass is 16.7. The van der Waals surface area contributed by atoms with Crippen molar-refractivity contribution < 1.29 is 95.1 Å². The number of ether oxygens (including phenoxy) is 13. The number of carbonyl (C=O) groups is 7. The first kappa shape index (κ1) is 72.7. The Morgan fingerprint density at radius 1 is 0.368 bits per heavy atom. The van der Waals surface area contributed by atoms with Gasteiger partial charge < -0.3 is 61.6 Å². The molecule has 4 aromatic carbocycles. The molecule has 4 saturated heterocycles. The summed E-state index contributed by atoms with van der Waals surface area (Å²) in [6.45, 7) is 16.4. The molecule has 0 spiro atoms. The Morgan fingerprint density at radius 3 is 0.920 bits per heavy atom. The van der Waals surface area contributed by atoms with Crippen LogP contribution in [0.4, 0.5) is 0 Å². The van der Waals surface area contributed by atoms with E-state index in [0.29, 0.717) is 59.3 Å². The first-order valence-corrected chi connectivity index (χ1v) is 29.9. The predicted molar refractivity (Wildman–Crippen MR) is 319 cm³/mol. The van der Waals surface area contributed by atoms with E-state index in [4.69, 9.17) is 61.6 Å². The highest BCUT2D eigenvalue weighted by Gasteiger charge is 2.45. The van der Waals surface area contributed by atoms with Crippen LogP contribution in [0.1, 0.15) is 154 Å². The van der Waals surface area contributed by atoms with Crippen LogP contribution in [0.25, 0.3) is 0 Å². The van der Waals surface area contributed by atoms with Gasteiger partial charge in [-0.3, -0.25) is 33.6 Å². The molecule has 0 N–H and O–H groups in total. The van der Waals surface area contributed by atoms with Crippen molar-refractivity contribution in [2.24, 2.45) is 16.2 Å². The van der Waals surface area contributed by atoms with Crippen LogP contribution in [-0.4, -0.2) is 127 Å². The smallest absolute Gasteiger partial charge is 0.318 e. The van der Waals surface area contributed by atoms with Gasteiger partial charge in [0.2, 0.25) is 0 Å². The fraction of sp³-hybridized carbons (Fsp3) is 0.537. The molecule has 20 nitrogen and oxygen atoms in total. The maximum absolute atomic E-state index is 13.3. The number of benzene rings is 4. The number of rotatable bonds is 26. The molecular weight excluding hydrogens is 1120 g/mol. The third kappa shape index (κ3) is 26.2. The van der Waals surface area contributed by atoms with E-state index >= 15 is 0 Å². The molecule has 87 heavy (non-hydrogen) atoms. The number of carbonyl (C=O) groups excluding carboxylic acids is 7. The van der Waals surface area contributed by atoms with Gasteiger partial charge in [0.25, 0.3) is 0 Å². The Labute approximate surface area is 512 Å². The number of ketones is 2. The first-order valence-electron chi connectivity index (χ1n) is 29.9. The van der Waals surface area contributed by atoms with Crippen LogP contribution >= 0.6 is 0 Å². The van der Waals surface area contributed by atoms with Crippen molar-refractivity contribution in [3.8, 4) is 0 Å². The van der Waals surface area contributed by atoms with Crippen LogP contribution in [-0.2, 0) is 95.1 Å². The largest absolute Gasteiger partial charge is 0.465 e. The lowest BCUT2D eigenvalue weighted by Crippen LogP contribution is -2.45. The van der Waals surface area contributed by atoms with Gasteiger partial charge >= 0.3 is 29.8 Å². The van der Waals surface area contributed by atoms with E-state index < -0.39 is 72.5 Å². The summed E-state index contributed by atoms with van der Waals surface area (Å²) >= 11 is 0. The zero-order valence-electron chi connectivity index (χ0n) is 51.9. The van der Waals surface area contributed by atoms with Gasteiger partial charge in [-0.1, -0.05) is 156 Å². The zero-order valence-corrected chi connectivity index (χ0v) is 51.9. The summed E-state index contributed by atoms with van der Waals surface area (Å²) in [5, 5.41) is 0. The number of esters is 5. The van der Waals surface area contributed by atoms with E-state index in [-0.39, 0.29) is 88.3 Å². The normalized spacial score (nSPS) is 16.5. The molecule has 4 fully saturated rings. The molecule has 0 saturated carbocycles. The minimum absolute atomic E-state index is 0.0575. The summed E-state index contributed by atoms with van der Waals surface area (Å²) < 4.78 is 69.1. The van der Waals surface area contributed by atoms with Crippen molar-refractivity contribution in [1.29, 1.82) is 0 Å². The third-order valence-corrected chi connectivity index (χ3v) is 13.7. The van der Waals surface area contributed by atoms with Gasteiger partial charge in [0.1, 0.15) is 48.8 Å². The predicted octanol–water partition coefficient (Wildman–Crippen LogP) is 11.0. The van der Waals surface area contributed by atoms with E-state index in [1.54, 1.807) is 41.5 Å². The fourth-order valence-corrected chi connectivity index (χ4v) is 8.23. The van der Waals surface area contributed by atoms with Gasteiger partial charge in [0.15, 0.2) is 25.2 Å². The number of Topliss-reactive ketones (excluding diaryl/α,β-unsaturated/α-hetero) is 2. The lowest BCUT2D eigenvalue weighted by atomic mass is 9.79. The second kappa shape index (κ2) is 39.9. The van der Waals surface area contributed by atoms with Gasteiger partial charge in [-0.15, -0.1) is 0 Å². The molecule has 4 aliphatic rings. The number of hydrogen-bond donors (Lipinski definition) is 0. The summed E-state index contributed by atoms with van der Waals surface area (Å²) in [4.78, 5) is 87.4. The SMILES string of the molecule is CCCOC(=O)C(C)(COC(=O)C(C)(COC(=O)CC)COC(=O)CC)COC(=O)C(C)(CCC(=O)CC)CC(=O)CC.c1ccc(C2OCCO2)cc1.c1ccc(C2OCCO2)cc1.c1ccc(C2OCCO2)cc1.c1ccc(C2OCCO2)cc1. The first-order chi connectivity index (χ1) is 41.9. The minimum atomic E-state index is -1.66. The molecule has 2 atom stereocenters. The Kier molecular flexibility index (Phi) is 33.4. The van der Waals surface area contributed by atoms with Gasteiger partial charge in [-0.05, 0) is 33.6 Å². The Morgan fingerprint density at radius 2 is 0.644 bits per heavy atom. The molecule has 4 heterocycles. The van der Waals surface area contributed by atoms with E-state index in [9.17, 15) is 33.6 Å². The Balaban J connectivity index is 0.000000286. The molecule has 0 bridgehead atoms. The van der Waals surface area contributed by atoms with Crippen molar-refractivity contribution in [3.05, 3.63) is 144 Å². The quantitative estimate of drug-likeness (QED) is 0.0419. The van der Waals surface area contributed by atoms with Crippen molar-refractivity contribution in [2.45, 2.75) is 132 Å². The van der Waals surface area contributed by atoms with Crippen LogP contribution in [0.3, 0.4) is 0 Å². The summed E-state index contributed by atoms with van der Waals surface area (Å²) in [6.07, 6.45) is 0.612. The molecule has 478 valence electrons. The molecule has 0 aliphatic carbocycles. The average molecular weight is 1220 g/mol. The zero-order chi connectivity index (χ0) is 63.3. The highest BCUT2D eigenvalue weighted by Crippen LogP contribution is 2.33. The topological polar surface area (TPSA) is 239 Å². The van der Waals surface area contributed by atoms with Gasteiger partial charge in [0, 0.05) is 60.8 Å². The highest BCUT2D eigenvalue weighted by molar-refractivity contribution is 5.88. The molecule has 8 rings (SSSR count). The Hall–Kier alpha value is -6.75. The van der Waals surface area contributed by atoms with Crippen molar-refractivity contribution >= 4 is 41.4 Å². The summed E-state index contributed by atoms with van der Waals surface area (Å²) in [5.41, 5.74) is -0.152. The Bertz CT molecular complexity index is 2390. The lowest BCUT2D eigenvalue weighted by Gasteiger charge is -2.32. The fourth-order valence-electron chi connectivity index (χ4n) is 8.23. The van der Waals surface area contributed by atoms with Crippen LogP contribution in [0, 0.1) is 16.2 Å². The molecular formula is C67H90O20. The van der Waals surface area contributed by atoms with E-state index in [2.05, 4.69) is 0 Å². The van der Waals surface area contributed by atoms with Crippen LogP contribution in [0.15, 0.2) is 121 Å². The van der Waals surface area contributed by atoms with Crippen molar-refractivity contribution in [3.63, 3.8) is 0 Å². The summed E-state index contributed by atoms with van der Waals surface area (Å²) in [5.74, 6) is -3.90. The maximum atomic E-state index is 13.3. The molecule has 0 aromatic heterocycles. The molecule has 0 radical (unpaired) electrons. The third-order valence-electron chi connectivity index (χ3n) is 13.7. The summed E-state index contributed by atoms with van der Waals surface area (Å²) in [7, 11) is 0. The second-order valence-corrected chi connectivity index (χ2v) is 21.4. The molecule has 4 aromatic rings. The van der Waals surface area contributed by atoms with Crippen LogP contribution in [0.5, 0.6) is 0 Å². The van der Waals surface area contributed by atoms with Crippen LogP contribution < -0.4 is 0 Å². The van der Waals surface area contributed by atoms with Crippen molar-refractivity contribution in [2.75, 3.05) is 85.9 Å². The molecule has 4 aliphatic heterocycles. The second-order valence-electron chi connectivity index (χ2n) is 21.4. The van der Waals surface area contributed by atoms with Gasteiger partial charge in [0.05, 0.1) is 64.9 Å². The van der Waals surface area contributed by atoms with Gasteiger partial charge in [-0.2, -0.15) is 0 Å². The standard InChI is InChI=1S/C31H50O12.4C9H10O2/c1-9-16-39-27(37)31(8,20-42-26(36)29(6,17-23(33)11-3)15-14-22(32)10-2)21-43-28(38)30(7,18-40-24(34)12-4)19-41-25(35)13-5;4*1-2-4-8(5-3-1)9-10-6-7-11-9/h9-21H2,1-8H3;4*1-5,9H,6-7H2. The van der Waals surface area contributed by atoms with E-state index in [1.165, 1.54) is 13.8 Å². The molecule has 20 heteroatoms.